The zero-order chi connectivity index (χ0) is 12.4. The van der Waals surface area contributed by atoms with Crippen LogP contribution in [-0.2, 0) is 0 Å². The minimum atomic E-state index is 0.540. The van der Waals surface area contributed by atoms with Crippen molar-refractivity contribution in [3.8, 4) is 0 Å². The van der Waals surface area contributed by atoms with E-state index in [1.54, 1.807) is 11.1 Å². The van der Waals surface area contributed by atoms with Gasteiger partial charge in [0.2, 0.25) is 0 Å². The summed E-state index contributed by atoms with van der Waals surface area (Å²) in [5, 5.41) is 0. The highest BCUT2D eigenvalue weighted by molar-refractivity contribution is 5.38. The quantitative estimate of drug-likeness (QED) is 0.713. The van der Waals surface area contributed by atoms with Gasteiger partial charge in [0.15, 0.2) is 0 Å². The highest BCUT2D eigenvalue weighted by Crippen LogP contribution is 2.34. The van der Waals surface area contributed by atoms with Crippen LogP contribution >= 0.6 is 0 Å². The molecule has 1 fully saturated rings. The van der Waals surface area contributed by atoms with E-state index in [2.05, 4.69) is 54.6 Å². The van der Waals surface area contributed by atoms with Crippen LogP contribution in [-0.4, -0.2) is 18.5 Å². The fourth-order valence-corrected chi connectivity index (χ4v) is 3.12. The van der Waals surface area contributed by atoms with Crippen LogP contribution < -0.4 is 0 Å². The molecule has 0 spiro atoms. The van der Waals surface area contributed by atoms with Crippen LogP contribution in [0.2, 0.25) is 0 Å². The third kappa shape index (κ3) is 2.35. The Balaban J connectivity index is 1.93. The smallest absolute Gasteiger partial charge is 0.0273 e. The van der Waals surface area contributed by atoms with E-state index in [1.807, 2.05) is 0 Å². The normalized spacial score (nSPS) is 23.8. The van der Waals surface area contributed by atoms with Gasteiger partial charge in [-0.3, -0.25) is 0 Å². The number of benzene rings is 1. The summed E-state index contributed by atoms with van der Waals surface area (Å²) in [6.45, 7) is 1.09. The molecular weight excluding hydrogens is 218 g/mol. The van der Waals surface area contributed by atoms with Gasteiger partial charge >= 0.3 is 0 Å². The van der Waals surface area contributed by atoms with E-state index >= 15 is 0 Å². The van der Waals surface area contributed by atoms with Gasteiger partial charge in [0, 0.05) is 25.7 Å². The molecule has 1 atom stereocenters. The van der Waals surface area contributed by atoms with Gasteiger partial charge in [0.1, 0.15) is 0 Å². The number of fused-ring (bicyclic) bond motifs is 1. The third-order valence-corrected chi connectivity index (χ3v) is 4.05. The van der Waals surface area contributed by atoms with E-state index in [1.165, 1.54) is 31.2 Å². The van der Waals surface area contributed by atoms with Crippen LogP contribution in [0.5, 0.6) is 0 Å². The first-order valence-corrected chi connectivity index (χ1v) is 7.00. The second-order valence-corrected chi connectivity index (χ2v) is 5.51. The predicted molar refractivity (Wildman–Crippen MR) is 76.4 cm³/mol. The number of likely N-dealkylation sites (N-methyl/N-ethyl adjacent to an activating group) is 1. The lowest BCUT2D eigenvalue weighted by molar-refractivity contribution is 0.439. The number of allylic oxidation sites excluding steroid dienone is 2. The Morgan fingerprint density at radius 1 is 1.00 bits per heavy atom. The van der Waals surface area contributed by atoms with Gasteiger partial charge in [-0.15, -0.1) is 0 Å². The number of nitrogens with zero attached hydrogens (tertiary/aromatic N) is 1. The summed E-state index contributed by atoms with van der Waals surface area (Å²) in [4.78, 5) is 2.36. The molecule has 1 nitrogen and oxygen atoms in total. The molecule has 1 heterocycles. The summed E-state index contributed by atoms with van der Waals surface area (Å²) in [5.74, 6) is 0.540. The lowest BCUT2D eigenvalue weighted by Gasteiger charge is -2.19. The second kappa shape index (κ2) is 5.01. The van der Waals surface area contributed by atoms with Crippen molar-refractivity contribution < 1.29 is 0 Å². The predicted octanol–water partition coefficient (Wildman–Crippen LogP) is 4.10. The maximum atomic E-state index is 2.52. The molecule has 2 aliphatic rings. The molecule has 1 heteroatoms. The van der Waals surface area contributed by atoms with Crippen LogP contribution in [0.25, 0.3) is 0 Å². The lowest BCUT2D eigenvalue weighted by atomic mass is 9.87. The van der Waals surface area contributed by atoms with Crippen molar-refractivity contribution >= 4 is 0 Å². The van der Waals surface area contributed by atoms with Crippen molar-refractivity contribution in [2.24, 2.45) is 0 Å². The molecule has 94 valence electrons. The van der Waals surface area contributed by atoms with E-state index in [-0.39, 0.29) is 0 Å². The molecule has 0 bridgehead atoms. The molecule has 1 aliphatic heterocycles. The molecule has 1 saturated carbocycles. The first-order chi connectivity index (χ1) is 8.83. The highest BCUT2D eigenvalue weighted by atomic mass is 15.1. The number of hydrogen-bond acceptors (Lipinski definition) is 1. The van der Waals surface area contributed by atoms with Crippen LogP contribution in [0.4, 0.5) is 0 Å². The van der Waals surface area contributed by atoms with Gasteiger partial charge < -0.3 is 4.90 Å². The minimum absolute atomic E-state index is 0.540. The third-order valence-electron chi connectivity index (χ3n) is 4.05. The Labute approximate surface area is 110 Å². The first-order valence-electron chi connectivity index (χ1n) is 7.00. The molecule has 0 N–H and O–H groups in total. The standard InChI is InChI=1S/C17H21N/c1-18-12-16-10-6-5-9-15(16)11-17(13-18)14-7-3-2-4-8-14/h2-4,7-8,11-12,17H,5-6,9-10,13H2,1H3. The Morgan fingerprint density at radius 2 is 1.72 bits per heavy atom. The largest absolute Gasteiger partial charge is 0.379 e. The van der Waals surface area contributed by atoms with Gasteiger partial charge in [0.25, 0.3) is 0 Å². The summed E-state index contributed by atoms with van der Waals surface area (Å²) in [5.41, 5.74) is 4.61. The summed E-state index contributed by atoms with van der Waals surface area (Å²) in [7, 11) is 2.20. The van der Waals surface area contributed by atoms with E-state index in [0.29, 0.717) is 5.92 Å². The Hall–Kier alpha value is -1.50. The van der Waals surface area contributed by atoms with Crippen molar-refractivity contribution in [1.29, 1.82) is 0 Å². The molecule has 3 rings (SSSR count). The molecule has 1 aromatic carbocycles. The summed E-state index contributed by atoms with van der Waals surface area (Å²) < 4.78 is 0. The Kier molecular flexibility index (Phi) is 3.22. The number of rotatable bonds is 1. The maximum Gasteiger partial charge on any atom is 0.0273 e. The van der Waals surface area contributed by atoms with Crippen molar-refractivity contribution in [1.82, 2.24) is 4.90 Å². The van der Waals surface area contributed by atoms with Gasteiger partial charge in [-0.05, 0) is 42.4 Å². The maximum absolute atomic E-state index is 2.52. The summed E-state index contributed by atoms with van der Waals surface area (Å²) in [6, 6.07) is 10.9. The molecule has 1 aliphatic carbocycles. The van der Waals surface area contributed by atoms with Gasteiger partial charge in [0.05, 0.1) is 0 Å². The first kappa shape index (κ1) is 11.6. The van der Waals surface area contributed by atoms with Gasteiger partial charge in [-0.1, -0.05) is 36.4 Å². The van der Waals surface area contributed by atoms with Crippen molar-refractivity contribution in [3.05, 3.63) is 59.3 Å². The fraction of sp³-hybridized carbons (Fsp3) is 0.412. The Bertz CT molecular complexity index is 470. The monoisotopic (exact) mass is 239 g/mol. The highest BCUT2D eigenvalue weighted by Gasteiger charge is 2.20. The van der Waals surface area contributed by atoms with Crippen molar-refractivity contribution in [2.75, 3.05) is 13.6 Å². The van der Waals surface area contributed by atoms with Crippen LogP contribution in [0.3, 0.4) is 0 Å². The van der Waals surface area contributed by atoms with E-state index < -0.39 is 0 Å². The van der Waals surface area contributed by atoms with E-state index in [9.17, 15) is 0 Å². The fourth-order valence-electron chi connectivity index (χ4n) is 3.12. The zero-order valence-corrected chi connectivity index (χ0v) is 11.1. The van der Waals surface area contributed by atoms with Crippen molar-refractivity contribution in [3.63, 3.8) is 0 Å². The van der Waals surface area contributed by atoms with Crippen LogP contribution in [0.15, 0.2) is 53.8 Å². The minimum Gasteiger partial charge on any atom is -0.379 e. The summed E-state index contributed by atoms with van der Waals surface area (Å²) in [6.07, 6.45) is 10.1. The van der Waals surface area contributed by atoms with Gasteiger partial charge in [-0.2, -0.15) is 0 Å². The lowest BCUT2D eigenvalue weighted by Crippen LogP contribution is -2.17. The van der Waals surface area contributed by atoms with Crippen LogP contribution in [0, 0.1) is 0 Å². The zero-order valence-electron chi connectivity index (χ0n) is 11.1. The van der Waals surface area contributed by atoms with Gasteiger partial charge in [-0.25, -0.2) is 0 Å². The molecule has 0 amide bonds. The Morgan fingerprint density at radius 3 is 2.50 bits per heavy atom. The second-order valence-electron chi connectivity index (χ2n) is 5.51. The van der Waals surface area contributed by atoms with Crippen molar-refractivity contribution in [2.45, 2.75) is 31.6 Å². The molecule has 0 saturated heterocycles. The molecule has 1 unspecified atom stereocenters. The SMILES string of the molecule is CN1C=C2CCCCC2=CC(c2ccccc2)C1. The molecular formula is C17H21N. The molecule has 1 aromatic rings. The van der Waals surface area contributed by atoms with Crippen LogP contribution in [0.1, 0.15) is 37.2 Å². The molecule has 18 heavy (non-hydrogen) atoms. The van der Waals surface area contributed by atoms with E-state index in [4.69, 9.17) is 0 Å². The number of hydrogen-bond donors (Lipinski definition) is 0. The van der Waals surface area contributed by atoms with E-state index in [0.717, 1.165) is 6.54 Å². The topological polar surface area (TPSA) is 3.24 Å². The average Bonchev–Trinajstić information content (AvgIpc) is 2.57. The average molecular weight is 239 g/mol. The molecule has 0 radical (unpaired) electrons. The summed E-state index contributed by atoms with van der Waals surface area (Å²) >= 11 is 0. The molecule has 0 aromatic heterocycles.